The summed E-state index contributed by atoms with van der Waals surface area (Å²) in [4.78, 5) is 0. The summed E-state index contributed by atoms with van der Waals surface area (Å²) in [5.41, 5.74) is 0.931. The van der Waals surface area contributed by atoms with E-state index >= 15 is 0 Å². The smallest absolute Gasteiger partial charge is 0.0914 e. The molecule has 0 heterocycles. The number of nitrogens with one attached hydrogen (secondary N) is 1. The van der Waals surface area contributed by atoms with Crippen LogP contribution in [0.4, 0.5) is 0 Å². The molecule has 0 aliphatic heterocycles. The van der Waals surface area contributed by atoms with Crippen molar-refractivity contribution in [2.45, 2.75) is 6.10 Å². The topological polar surface area (TPSA) is 32.3 Å². The lowest BCUT2D eigenvalue weighted by molar-refractivity contribution is 0.176. The number of aliphatic hydroxyl groups is 1. The zero-order valence-electron chi connectivity index (χ0n) is 7.91. The first-order chi connectivity index (χ1) is 6.70. The third kappa shape index (κ3) is 4.05. The van der Waals surface area contributed by atoms with E-state index in [1.165, 1.54) is 0 Å². The molecule has 0 aromatic heterocycles. The maximum Gasteiger partial charge on any atom is 0.0914 e. The number of rotatable bonds is 5. The number of halogens is 1. The van der Waals surface area contributed by atoms with Crippen LogP contribution in [0, 0.1) is 0 Å². The normalized spacial score (nSPS) is 12.4. The van der Waals surface area contributed by atoms with E-state index in [1.807, 2.05) is 30.3 Å². The summed E-state index contributed by atoms with van der Waals surface area (Å²) in [6, 6.07) is 9.60. The van der Waals surface area contributed by atoms with Gasteiger partial charge in [0.25, 0.3) is 0 Å². The van der Waals surface area contributed by atoms with E-state index in [9.17, 15) is 5.11 Å². The summed E-state index contributed by atoms with van der Waals surface area (Å²) in [6.45, 7) is 4.90. The molecule has 1 unspecified atom stereocenters. The minimum Gasteiger partial charge on any atom is -0.387 e. The molecule has 0 spiro atoms. The van der Waals surface area contributed by atoms with Gasteiger partial charge in [-0.1, -0.05) is 52.8 Å². The zero-order valence-corrected chi connectivity index (χ0v) is 9.50. The van der Waals surface area contributed by atoms with Gasteiger partial charge in [-0.15, -0.1) is 0 Å². The Bertz CT molecular complexity index is 287. The molecule has 0 radical (unpaired) electrons. The van der Waals surface area contributed by atoms with Crippen molar-refractivity contribution in [3.05, 3.63) is 47.0 Å². The molecule has 1 aromatic rings. The predicted octanol–water partition coefficient (Wildman–Crippen LogP) is 2.22. The van der Waals surface area contributed by atoms with Gasteiger partial charge in [-0.3, -0.25) is 0 Å². The zero-order chi connectivity index (χ0) is 10.4. The molecule has 0 saturated carbocycles. The molecule has 0 aliphatic rings. The van der Waals surface area contributed by atoms with Crippen LogP contribution in [0.5, 0.6) is 0 Å². The highest BCUT2D eigenvalue weighted by Gasteiger charge is 2.05. The number of hydrogen-bond donors (Lipinski definition) is 2. The highest BCUT2D eigenvalue weighted by atomic mass is 79.9. The van der Waals surface area contributed by atoms with Crippen LogP contribution in [0.1, 0.15) is 11.7 Å². The van der Waals surface area contributed by atoms with Gasteiger partial charge in [0, 0.05) is 17.6 Å². The van der Waals surface area contributed by atoms with Crippen LogP contribution in [-0.2, 0) is 0 Å². The molecule has 0 aliphatic carbocycles. The average molecular weight is 256 g/mol. The summed E-state index contributed by atoms with van der Waals surface area (Å²) in [6.07, 6.45) is -0.456. The number of hydrogen-bond acceptors (Lipinski definition) is 2. The maximum absolute atomic E-state index is 9.73. The van der Waals surface area contributed by atoms with Crippen molar-refractivity contribution in [3.8, 4) is 0 Å². The fourth-order valence-electron chi connectivity index (χ4n) is 1.14. The van der Waals surface area contributed by atoms with Gasteiger partial charge in [0.15, 0.2) is 0 Å². The van der Waals surface area contributed by atoms with Gasteiger partial charge < -0.3 is 10.4 Å². The molecule has 1 atom stereocenters. The second-order valence-electron chi connectivity index (χ2n) is 3.07. The summed E-state index contributed by atoms with van der Waals surface area (Å²) in [7, 11) is 0. The van der Waals surface area contributed by atoms with Crippen LogP contribution in [-0.4, -0.2) is 18.2 Å². The van der Waals surface area contributed by atoms with E-state index in [-0.39, 0.29) is 0 Å². The summed E-state index contributed by atoms with van der Waals surface area (Å²) >= 11 is 3.24. The van der Waals surface area contributed by atoms with Crippen molar-refractivity contribution in [2.75, 3.05) is 13.1 Å². The minimum absolute atomic E-state index is 0.456. The van der Waals surface area contributed by atoms with Crippen LogP contribution in [0.15, 0.2) is 41.4 Å². The Labute approximate surface area is 92.8 Å². The van der Waals surface area contributed by atoms with E-state index in [1.54, 1.807) is 0 Å². The van der Waals surface area contributed by atoms with Crippen LogP contribution in [0.2, 0.25) is 0 Å². The Kier molecular flexibility index (Phi) is 4.87. The van der Waals surface area contributed by atoms with Gasteiger partial charge in [-0.2, -0.15) is 0 Å². The van der Waals surface area contributed by atoms with Crippen LogP contribution < -0.4 is 5.32 Å². The molecule has 1 rings (SSSR count). The lowest BCUT2D eigenvalue weighted by Crippen LogP contribution is -2.22. The molecule has 0 amide bonds. The standard InChI is InChI=1S/C11H14BrNO/c1-9(12)7-13-8-11(14)10-5-3-2-4-6-10/h2-6,11,13-14H,1,7-8H2. The first-order valence-electron chi connectivity index (χ1n) is 4.47. The Hall–Kier alpha value is -0.640. The molecule has 14 heavy (non-hydrogen) atoms. The fourth-order valence-corrected chi connectivity index (χ4v) is 1.34. The molecular formula is C11H14BrNO. The summed E-state index contributed by atoms with van der Waals surface area (Å²) in [5, 5.41) is 12.8. The molecule has 2 N–H and O–H groups in total. The second kappa shape index (κ2) is 5.96. The van der Waals surface area contributed by atoms with E-state index in [2.05, 4.69) is 27.8 Å². The number of benzene rings is 1. The first-order valence-corrected chi connectivity index (χ1v) is 5.26. The van der Waals surface area contributed by atoms with Crippen molar-refractivity contribution in [1.82, 2.24) is 5.32 Å². The molecular weight excluding hydrogens is 242 g/mol. The predicted molar refractivity (Wildman–Crippen MR) is 62.3 cm³/mol. The first kappa shape index (κ1) is 11.4. The third-order valence-electron chi connectivity index (χ3n) is 1.84. The van der Waals surface area contributed by atoms with Crippen LogP contribution >= 0.6 is 15.9 Å². The van der Waals surface area contributed by atoms with Crippen molar-refractivity contribution < 1.29 is 5.11 Å². The quantitative estimate of drug-likeness (QED) is 0.846. The summed E-state index contributed by atoms with van der Waals surface area (Å²) in [5.74, 6) is 0. The van der Waals surface area contributed by atoms with Gasteiger partial charge in [-0.05, 0) is 5.56 Å². The van der Waals surface area contributed by atoms with E-state index in [4.69, 9.17) is 0 Å². The van der Waals surface area contributed by atoms with Crippen molar-refractivity contribution in [1.29, 1.82) is 0 Å². The van der Waals surface area contributed by atoms with Gasteiger partial charge in [0.1, 0.15) is 0 Å². The molecule has 0 fully saturated rings. The lowest BCUT2D eigenvalue weighted by atomic mass is 10.1. The maximum atomic E-state index is 9.73. The second-order valence-corrected chi connectivity index (χ2v) is 4.20. The van der Waals surface area contributed by atoms with E-state index < -0.39 is 6.10 Å². The minimum atomic E-state index is -0.456. The van der Waals surface area contributed by atoms with Gasteiger partial charge >= 0.3 is 0 Å². The summed E-state index contributed by atoms with van der Waals surface area (Å²) < 4.78 is 0.887. The van der Waals surface area contributed by atoms with Crippen molar-refractivity contribution >= 4 is 15.9 Å². The lowest BCUT2D eigenvalue weighted by Gasteiger charge is -2.11. The van der Waals surface area contributed by atoms with Crippen molar-refractivity contribution in [3.63, 3.8) is 0 Å². The molecule has 1 aromatic carbocycles. The SMILES string of the molecule is C=C(Br)CNCC(O)c1ccccc1. The van der Waals surface area contributed by atoms with Gasteiger partial charge in [0.05, 0.1) is 6.10 Å². The van der Waals surface area contributed by atoms with Crippen molar-refractivity contribution in [2.24, 2.45) is 0 Å². The molecule has 76 valence electrons. The third-order valence-corrected chi connectivity index (χ3v) is 2.12. The Balaban J connectivity index is 2.36. The molecule has 0 saturated heterocycles. The Morgan fingerprint density at radius 3 is 2.64 bits per heavy atom. The highest BCUT2D eigenvalue weighted by molar-refractivity contribution is 9.11. The Morgan fingerprint density at radius 2 is 2.07 bits per heavy atom. The number of aliphatic hydroxyl groups excluding tert-OH is 1. The van der Waals surface area contributed by atoms with E-state index in [0.717, 1.165) is 10.0 Å². The van der Waals surface area contributed by atoms with Crippen LogP contribution in [0.3, 0.4) is 0 Å². The highest BCUT2D eigenvalue weighted by Crippen LogP contribution is 2.10. The fraction of sp³-hybridized carbons (Fsp3) is 0.273. The van der Waals surface area contributed by atoms with Crippen LogP contribution in [0.25, 0.3) is 0 Å². The monoisotopic (exact) mass is 255 g/mol. The van der Waals surface area contributed by atoms with Gasteiger partial charge in [0.2, 0.25) is 0 Å². The largest absolute Gasteiger partial charge is 0.387 e. The average Bonchev–Trinajstić information content (AvgIpc) is 2.18. The molecule has 2 nitrogen and oxygen atoms in total. The Morgan fingerprint density at radius 1 is 1.43 bits per heavy atom. The van der Waals surface area contributed by atoms with Gasteiger partial charge in [-0.25, -0.2) is 0 Å². The molecule has 3 heteroatoms. The van der Waals surface area contributed by atoms with E-state index in [0.29, 0.717) is 13.1 Å². The molecule has 0 bridgehead atoms.